The lowest BCUT2D eigenvalue weighted by Crippen LogP contribution is -2.47. The van der Waals surface area contributed by atoms with E-state index in [1.54, 1.807) is 17.5 Å². The molecule has 0 bridgehead atoms. The monoisotopic (exact) mass is 378 g/mol. The Hall–Kier alpha value is -2.50. The van der Waals surface area contributed by atoms with E-state index in [-0.39, 0.29) is 5.91 Å². The van der Waals surface area contributed by atoms with Gasteiger partial charge in [-0.15, -0.1) is 0 Å². The van der Waals surface area contributed by atoms with Crippen LogP contribution >= 0.6 is 11.3 Å². The Labute approximate surface area is 163 Å². The van der Waals surface area contributed by atoms with Gasteiger partial charge in [0, 0.05) is 36.9 Å². The van der Waals surface area contributed by atoms with Gasteiger partial charge in [0.25, 0.3) is 0 Å². The van der Waals surface area contributed by atoms with Crippen molar-refractivity contribution in [2.45, 2.75) is 24.8 Å². The zero-order valence-corrected chi connectivity index (χ0v) is 15.9. The van der Waals surface area contributed by atoms with Crippen molar-refractivity contribution >= 4 is 17.2 Å². The highest BCUT2D eigenvalue weighted by Crippen LogP contribution is 2.35. The smallest absolute Gasteiger partial charge is 0.231 e. The fourth-order valence-electron chi connectivity index (χ4n) is 3.63. The number of carbonyl (C=O) groups excluding carboxylic acids is 1. The number of benzene rings is 1. The minimum atomic E-state index is -0.511. The summed E-state index contributed by atoms with van der Waals surface area (Å²) in [6, 6.07) is 16.1. The van der Waals surface area contributed by atoms with Crippen molar-refractivity contribution in [3.05, 3.63) is 76.6 Å². The molecule has 0 atom stereocenters. The summed E-state index contributed by atoms with van der Waals surface area (Å²) in [5.41, 5.74) is 3.66. The second kappa shape index (κ2) is 8.03. The predicted octanol–water partition coefficient (Wildman–Crippen LogP) is 4.17. The third kappa shape index (κ3) is 3.80. The van der Waals surface area contributed by atoms with E-state index < -0.39 is 5.41 Å². The standard InChI is InChI=1S/C22H22N2O2S/c25-21(22(8-11-26-12-9-22)19-4-2-1-3-5-19)24-15-17-6-10-23-20(14-17)18-7-13-27-16-18/h1-7,10,13-14,16H,8-9,11-12,15H2,(H,24,25). The number of hydrogen-bond acceptors (Lipinski definition) is 4. The first-order valence-electron chi connectivity index (χ1n) is 9.17. The second-order valence-electron chi connectivity index (χ2n) is 6.80. The molecular formula is C22H22N2O2S. The molecule has 1 saturated heterocycles. The van der Waals surface area contributed by atoms with Crippen molar-refractivity contribution in [3.63, 3.8) is 0 Å². The van der Waals surface area contributed by atoms with Crippen LogP contribution in [0.3, 0.4) is 0 Å². The van der Waals surface area contributed by atoms with E-state index in [1.807, 2.05) is 47.8 Å². The summed E-state index contributed by atoms with van der Waals surface area (Å²) in [5, 5.41) is 7.28. The minimum absolute atomic E-state index is 0.0749. The first-order valence-corrected chi connectivity index (χ1v) is 10.1. The van der Waals surface area contributed by atoms with Crippen LogP contribution in [0.1, 0.15) is 24.0 Å². The van der Waals surface area contributed by atoms with Gasteiger partial charge in [-0.05, 0) is 47.5 Å². The molecule has 0 saturated carbocycles. The van der Waals surface area contributed by atoms with E-state index in [2.05, 4.69) is 21.7 Å². The molecule has 4 nitrogen and oxygen atoms in total. The maximum atomic E-state index is 13.2. The zero-order valence-electron chi connectivity index (χ0n) is 15.1. The number of ether oxygens (including phenoxy) is 1. The van der Waals surface area contributed by atoms with Gasteiger partial charge in [0.1, 0.15) is 0 Å². The fourth-order valence-corrected chi connectivity index (χ4v) is 4.28. The van der Waals surface area contributed by atoms with Gasteiger partial charge in [-0.25, -0.2) is 0 Å². The Bertz CT molecular complexity index is 888. The van der Waals surface area contributed by atoms with Crippen LogP contribution in [0.4, 0.5) is 0 Å². The number of rotatable bonds is 5. The Morgan fingerprint density at radius 1 is 1.15 bits per heavy atom. The largest absolute Gasteiger partial charge is 0.381 e. The molecule has 0 aliphatic carbocycles. The lowest BCUT2D eigenvalue weighted by molar-refractivity contribution is -0.130. The van der Waals surface area contributed by atoms with Crippen molar-refractivity contribution < 1.29 is 9.53 Å². The lowest BCUT2D eigenvalue weighted by Gasteiger charge is -2.36. The van der Waals surface area contributed by atoms with Crippen LogP contribution in [-0.4, -0.2) is 24.1 Å². The quantitative estimate of drug-likeness (QED) is 0.725. The summed E-state index contributed by atoms with van der Waals surface area (Å²) in [5.74, 6) is 0.0749. The molecule has 4 rings (SSSR count). The Kier molecular flexibility index (Phi) is 5.32. The number of thiophene rings is 1. The van der Waals surface area contributed by atoms with E-state index in [0.717, 1.165) is 22.4 Å². The number of nitrogens with one attached hydrogen (secondary N) is 1. The number of aromatic nitrogens is 1. The molecule has 3 aromatic rings. The van der Waals surface area contributed by atoms with Gasteiger partial charge < -0.3 is 10.1 Å². The van der Waals surface area contributed by atoms with Crippen LogP contribution in [-0.2, 0) is 21.5 Å². The Balaban J connectivity index is 1.52. The van der Waals surface area contributed by atoms with Crippen molar-refractivity contribution in [2.75, 3.05) is 13.2 Å². The molecule has 1 aliphatic heterocycles. The summed E-state index contributed by atoms with van der Waals surface area (Å²) in [4.78, 5) is 17.7. The maximum Gasteiger partial charge on any atom is 0.231 e. The van der Waals surface area contributed by atoms with Crippen LogP contribution in [0.5, 0.6) is 0 Å². The van der Waals surface area contributed by atoms with E-state index in [0.29, 0.717) is 32.6 Å². The van der Waals surface area contributed by atoms with E-state index in [1.165, 1.54) is 0 Å². The van der Waals surface area contributed by atoms with Crippen LogP contribution in [0, 0.1) is 0 Å². The number of pyridine rings is 1. The number of carbonyl (C=O) groups is 1. The summed E-state index contributed by atoms with van der Waals surface area (Å²) in [7, 11) is 0. The van der Waals surface area contributed by atoms with Crippen molar-refractivity contribution in [2.24, 2.45) is 0 Å². The number of amides is 1. The summed E-state index contributed by atoms with van der Waals surface area (Å²) in [6.45, 7) is 1.72. The van der Waals surface area contributed by atoms with E-state index >= 15 is 0 Å². The van der Waals surface area contributed by atoms with Gasteiger partial charge in [0.2, 0.25) is 5.91 Å². The summed E-state index contributed by atoms with van der Waals surface area (Å²) < 4.78 is 5.53. The molecule has 1 aromatic carbocycles. The molecule has 1 amide bonds. The van der Waals surface area contributed by atoms with E-state index in [4.69, 9.17) is 4.74 Å². The average Bonchev–Trinajstić information content (AvgIpc) is 3.28. The first kappa shape index (κ1) is 17.9. The lowest BCUT2D eigenvalue weighted by atomic mass is 9.73. The summed E-state index contributed by atoms with van der Waals surface area (Å²) >= 11 is 1.65. The van der Waals surface area contributed by atoms with Crippen molar-refractivity contribution in [1.29, 1.82) is 0 Å². The molecule has 2 aromatic heterocycles. The highest BCUT2D eigenvalue weighted by molar-refractivity contribution is 7.08. The molecule has 27 heavy (non-hydrogen) atoms. The Morgan fingerprint density at radius 2 is 1.96 bits per heavy atom. The summed E-state index contributed by atoms with van der Waals surface area (Å²) in [6.07, 6.45) is 3.22. The van der Waals surface area contributed by atoms with Gasteiger partial charge >= 0.3 is 0 Å². The van der Waals surface area contributed by atoms with Gasteiger partial charge in [0.05, 0.1) is 11.1 Å². The van der Waals surface area contributed by atoms with Crippen LogP contribution < -0.4 is 5.32 Å². The van der Waals surface area contributed by atoms with E-state index in [9.17, 15) is 4.79 Å². The maximum absolute atomic E-state index is 13.2. The molecule has 0 unspecified atom stereocenters. The highest BCUT2D eigenvalue weighted by Gasteiger charge is 2.41. The second-order valence-corrected chi connectivity index (χ2v) is 7.58. The third-order valence-corrected chi connectivity index (χ3v) is 5.88. The van der Waals surface area contributed by atoms with Crippen LogP contribution in [0.2, 0.25) is 0 Å². The molecule has 138 valence electrons. The average molecular weight is 378 g/mol. The molecular weight excluding hydrogens is 356 g/mol. The molecule has 5 heteroatoms. The third-order valence-electron chi connectivity index (χ3n) is 5.20. The first-order chi connectivity index (χ1) is 13.3. The van der Waals surface area contributed by atoms with Crippen molar-refractivity contribution in [3.8, 4) is 11.3 Å². The molecule has 0 spiro atoms. The molecule has 3 heterocycles. The van der Waals surface area contributed by atoms with Gasteiger partial charge in [0.15, 0.2) is 0 Å². The van der Waals surface area contributed by atoms with Gasteiger partial charge in [-0.2, -0.15) is 11.3 Å². The Morgan fingerprint density at radius 3 is 2.70 bits per heavy atom. The van der Waals surface area contributed by atoms with Crippen molar-refractivity contribution in [1.82, 2.24) is 10.3 Å². The van der Waals surface area contributed by atoms with Gasteiger partial charge in [-0.1, -0.05) is 30.3 Å². The fraction of sp³-hybridized carbons (Fsp3) is 0.273. The molecule has 0 radical (unpaired) electrons. The molecule has 1 fully saturated rings. The predicted molar refractivity (Wildman–Crippen MR) is 108 cm³/mol. The van der Waals surface area contributed by atoms with Crippen LogP contribution in [0.25, 0.3) is 11.3 Å². The SMILES string of the molecule is O=C(NCc1ccnc(-c2ccsc2)c1)C1(c2ccccc2)CCOCC1. The molecule has 1 N–H and O–H groups in total. The minimum Gasteiger partial charge on any atom is -0.381 e. The number of nitrogens with zero attached hydrogens (tertiary/aromatic N) is 1. The topological polar surface area (TPSA) is 51.2 Å². The highest BCUT2D eigenvalue weighted by atomic mass is 32.1. The molecule has 1 aliphatic rings. The van der Waals surface area contributed by atoms with Crippen LogP contribution in [0.15, 0.2) is 65.5 Å². The number of hydrogen-bond donors (Lipinski definition) is 1. The normalized spacial score (nSPS) is 16.0. The van der Waals surface area contributed by atoms with Gasteiger partial charge in [-0.3, -0.25) is 9.78 Å². The zero-order chi connectivity index (χ0) is 18.5.